The van der Waals surface area contributed by atoms with Crippen molar-refractivity contribution >= 4 is 44.4 Å². The normalized spacial score (nSPS) is 11.2. The predicted molar refractivity (Wildman–Crippen MR) is 80.0 cm³/mol. The quantitative estimate of drug-likeness (QED) is 0.868. The molecular weight excluding hydrogens is 302 g/mol. The van der Waals surface area contributed by atoms with Crippen LogP contribution in [-0.2, 0) is 10.0 Å². The van der Waals surface area contributed by atoms with E-state index in [1.807, 2.05) is 0 Å². The third kappa shape index (κ3) is 2.75. The molecule has 0 spiro atoms. The molecule has 2 N–H and O–H groups in total. The van der Waals surface area contributed by atoms with E-state index in [-0.39, 0.29) is 9.20 Å². The van der Waals surface area contributed by atoms with Gasteiger partial charge in [0.1, 0.15) is 15.0 Å². The summed E-state index contributed by atoms with van der Waals surface area (Å²) in [7, 11) is -2.17. The van der Waals surface area contributed by atoms with Crippen LogP contribution < -0.4 is 10.0 Å². The third-order valence-corrected chi connectivity index (χ3v) is 6.11. The van der Waals surface area contributed by atoms with Crippen molar-refractivity contribution in [2.24, 2.45) is 5.73 Å². The minimum Gasteiger partial charge on any atom is -0.389 e. The van der Waals surface area contributed by atoms with Crippen LogP contribution in [0.25, 0.3) is 0 Å². The lowest BCUT2D eigenvalue weighted by molar-refractivity contribution is 0.596. The Kier molecular flexibility index (Phi) is 3.83. The first-order valence-corrected chi connectivity index (χ1v) is 7.89. The van der Waals surface area contributed by atoms with Crippen molar-refractivity contribution in [2.45, 2.75) is 4.21 Å². The number of aromatic nitrogens is 1. The van der Waals surface area contributed by atoms with Gasteiger partial charge in [-0.3, -0.25) is 4.31 Å². The summed E-state index contributed by atoms with van der Waals surface area (Å²) in [5, 5.41) is 0. The highest BCUT2D eigenvalue weighted by Gasteiger charge is 2.24. The topological polar surface area (TPSA) is 76.3 Å². The number of thiophene rings is 1. The minimum atomic E-state index is -3.63. The summed E-state index contributed by atoms with van der Waals surface area (Å²) < 4.78 is 26.1. The van der Waals surface area contributed by atoms with Crippen molar-refractivity contribution < 1.29 is 8.42 Å². The molecule has 2 rings (SSSR count). The Morgan fingerprint density at radius 3 is 2.63 bits per heavy atom. The van der Waals surface area contributed by atoms with Crippen LogP contribution in [0.1, 0.15) is 4.88 Å². The van der Waals surface area contributed by atoms with E-state index in [1.54, 1.807) is 24.3 Å². The average molecular weight is 313 g/mol. The lowest BCUT2D eigenvalue weighted by atomic mass is 10.5. The number of anilines is 1. The molecule has 100 valence electrons. The highest BCUT2D eigenvalue weighted by Crippen LogP contribution is 2.26. The van der Waals surface area contributed by atoms with Gasteiger partial charge in [0.25, 0.3) is 10.0 Å². The Balaban J connectivity index is 2.39. The van der Waals surface area contributed by atoms with E-state index >= 15 is 0 Å². The van der Waals surface area contributed by atoms with Crippen molar-refractivity contribution in [3.63, 3.8) is 0 Å². The first-order chi connectivity index (χ1) is 8.93. The molecule has 2 aromatic heterocycles. The maximum absolute atomic E-state index is 12.4. The Morgan fingerprint density at radius 2 is 2.11 bits per heavy atom. The summed E-state index contributed by atoms with van der Waals surface area (Å²) in [6, 6.07) is 8.17. The Labute approximate surface area is 120 Å². The number of sulfonamides is 1. The molecule has 0 aromatic carbocycles. The highest BCUT2D eigenvalue weighted by molar-refractivity contribution is 7.94. The Bertz CT molecular complexity index is 695. The second kappa shape index (κ2) is 5.24. The molecular formula is C11H11N3O2S3. The Morgan fingerprint density at radius 1 is 1.37 bits per heavy atom. The van der Waals surface area contributed by atoms with Crippen molar-refractivity contribution in [2.75, 3.05) is 11.4 Å². The maximum Gasteiger partial charge on any atom is 0.274 e. The van der Waals surface area contributed by atoms with Gasteiger partial charge in [-0.15, -0.1) is 11.3 Å². The van der Waals surface area contributed by atoms with Gasteiger partial charge in [-0.1, -0.05) is 18.3 Å². The lowest BCUT2D eigenvalue weighted by Crippen LogP contribution is -2.26. The predicted octanol–water partition coefficient (Wildman–Crippen LogP) is 1.60. The molecule has 0 saturated carbocycles. The summed E-state index contributed by atoms with van der Waals surface area (Å²) in [5.41, 5.74) is 5.48. The van der Waals surface area contributed by atoms with Gasteiger partial charge >= 0.3 is 0 Å². The molecule has 0 aliphatic carbocycles. The average Bonchev–Trinajstić information content (AvgIpc) is 2.89. The van der Waals surface area contributed by atoms with Crippen LogP contribution in [0.15, 0.2) is 40.7 Å². The fourth-order valence-corrected chi connectivity index (χ4v) is 4.06. The lowest BCUT2D eigenvalue weighted by Gasteiger charge is -2.16. The number of nitrogens with zero attached hydrogens (tertiary/aromatic N) is 2. The molecule has 0 radical (unpaired) electrons. The third-order valence-electron chi connectivity index (χ3n) is 2.41. The Hall–Kier alpha value is -1.51. The van der Waals surface area contributed by atoms with Gasteiger partial charge in [-0.05, 0) is 24.3 Å². The van der Waals surface area contributed by atoms with Crippen LogP contribution in [-0.4, -0.2) is 25.4 Å². The van der Waals surface area contributed by atoms with Crippen molar-refractivity contribution in [1.29, 1.82) is 0 Å². The molecule has 2 aromatic rings. The molecule has 0 aliphatic heterocycles. The van der Waals surface area contributed by atoms with Gasteiger partial charge in [-0.2, -0.15) is 0 Å². The number of hydrogen-bond donors (Lipinski definition) is 1. The van der Waals surface area contributed by atoms with Crippen molar-refractivity contribution in [3.05, 3.63) is 41.4 Å². The van der Waals surface area contributed by atoms with Gasteiger partial charge in [0.2, 0.25) is 0 Å². The summed E-state index contributed by atoms with van der Waals surface area (Å²) in [6.07, 6.45) is 1.54. The standard InChI is InChI=1S/C11H11N3O2S3/c1-14(9-4-2-3-7-13-9)19(15,16)10-6-5-8(18-10)11(12)17/h2-7H,1H3,(H2,12,17). The highest BCUT2D eigenvalue weighted by atomic mass is 32.2. The molecule has 0 unspecified atom stereocenters. The fourth-order valence-electron chi connectivity index (χ4n) is 1.39. The molecule has 19 heavy (non-hydrogen) atoms. The first-order valence-electron chi connectivity index (χ1n) is 5.22. The second-order valence-corrected chi connectivity index (χ2v) is 7.36. The smallest absolute Gasteiger partial charge is 0.274 e. The van der Waals surface area contributed by atoms with Crippen LogP contribution in [0.3, 0.4) is 0 Å². The maximum atomic E-state index is 12.4. The molecule has 0 fully saturated rings. The van der Waals surface area contributed by atoms with E-state index in [9.17, 15) is 8.42 Å². The van der Waals surface area contributed by atoms with E-state index in [2.05, 4.69) is 4.98 Å². The largest absolute Gasteiger partial charge is 0.389 e. The molecule has 0 bridgehead atoms. The van der Waals surface area contributed by atoms with Crippen LogP contribution >= 0.6 is 23.6 Å². The SMILES string of the molecule is CN(c1ccccn1)S(=O)(=O)c1ccc(C(N)=S)s1. The second-order valence-electron chi connectivity index (χ2n) is 3.64. The van der Waals surface area contributed by atoms with Crippen molar-refractivity contribution in [1.82, 2.24) is 4.98 Å². The van der Waals surface area contributed by atoms with Gasteiger partial charge in [0.05, 0.1) is 4.88 Å². The van der Waals surface area contributed by atoms with Gasteiger partial charge in [0, 0.05) is 13.2 Å². The number of rotatable bonds is 4. The summed E-state index contributed by atoms with van der Waals surface area (Å²) in [4.78, 5) is 4.77. The summed E-state index contributed by atoms with van der Waals surface area (Å²) >= 11 is 5.87. The van der Waals surface area contributed by atoms with E-state index in [0.717, 1.165) is 15.6 Å². The zero-order valence-corrected chi connectivity index (χ0v) is 12.4. The molecule has 0 atom stereocenters. The number of nitrogens with two attached hydrogens (primary N) is 1. The number of pyridine rings is 1. The monoisotopic (exact) mass is 313 g/mol. The van der Waals surface area contributed by atoms with Gasteiger partial charge < -0.3 is 5.73 Å². The van der Waals surface area contributed by atoms with Crippen molar-refractivity contribution in [3.8, 4) is 0 Å². The van der Waals surface area contributed by atoms with E-state index in [1.165, 1.54) is 19.3 Å². The van der Waals surface area contributed by atoms with E-state index in [4.69, 9.17) is 18.0 Å². The zero-order valence-electron chi connectivity index (χ0n) is 9.98. The molecule has 0 saturated heterocycles. The molecule has 5 nitrogen and oxygen atoms in total. The molecule has 0 amide bonds. The summed E-state index contributed by atoms with van der Waals surface area (Å²) in [6.45, 7) is 0. The molecule has 2 heterocycles. The van der Waals surface area contributed by atoms with Gasteiger partial charge in [0.15, 0.2) is 0 Å². The fraction of sp³-hybridized carbons (Fsp3) is 0.0909. The minimum absolute atomic E-state index is 0.184. The first kappa shape index (κ1) is 13.9. The molecule has 8 heteroatoms. The van der Waals surface area contributed by atoms with E-state index in [0.29, 0.717) is 10.7 Å². The van der Waals surface area contributed by atoms with E-state index < -0.39 is 10.0 Å². The molecule has 0 aliphatic rings. The van der Waals surface area contributed by atoms with Crippen LogP contribution in [0, 0.1) is 0 Å². The van der Waals surface area contributed by atoms with Crippen LogP contribution in [0.4, 0.5) is 5.82 Å². The van der Waals surface area contributed by atoms with Crippen LogP contribution in [0.2, 0.25) is 0 Å². The number of hydrogen-bond acceptors (Lipinski definition) is 5. The zero-order chi connectivity index (χ0) is 14.0. The number of thiocarbonyl (C=S) groups is 1. The van der Waals surface area contributed by atoms with Gasteiger partial charge in [-0.25, -0.2) is 13.4 Å². The van der Waals surface area contributed by atoms with Crippen LogP contribution in [0.5, 0.6) is 0 Å². The summed E-state index contributed by atoms with van der Waals surface area (Å²) in [5.74, 6) is 0.354.